The number of amides is 1. The summed E-state index contributed by atoms with van der Waals surface area (Å²) in [7, 11) is 0. The Balaban J connectivity index is 1.34. The molecule has 0 bridgehead atoms. The molecule has 0 N–H and O–H groups in total. The second kappa shape index (κ2) is 5.55. The van der Waals surface area contributed by atoms with Gasteiger partial charge in [0.2, 0.25) is 5.91 Å². The average molecular weight is 334 g/mol. The van der Waals surface area contributed by atoms with Gasteiger partial charge in [-0.15, -0.1) is 0 Å². The standard InChI is InChI=1S/C20H22N4O/c1-13-21-18-12-24(11-17(18)19(22-13)23-8-5-9-23)20(25)16-10-15(16)14-6-3-2-4-7-14/h2-4,6-7,15-16H,5,8-12H2,1H3. The summed E-state index contributed by atoms with van der Waals surface area (Å²) in [6.07, 6.45) is 2.20. The third-order valence-electron chi connectivity index (χ3n) is 5.67. The number of anilines is 1. The highest BCUT2D eigenvalue weighted by Gasteiger charge is 2.47. The lowest BCUT2D eigenvalue weighted by molar-refractivity contribution is -0.133. The van der Waals surface area contributed by atoms with Crippen molar-refractivity contribution in [3.63, 3.8) is 0 Å². The Bertz CT molecular complexity index is 831. The first-order valence-corrected chi connectivity index (χ1v) is 9.16. The number of hydrogen-bond acceptors (Lipinski definition) is 4. The van der Waals surface area contributed by atoms with Gasteiger partial charge >= 0.3 is 0 Å². The van der Waals surface area contributed by atoms with Gasteiger partial charge in [-0.25, -0.2) is 9.97 Å². The zero-order valence-electron chi connectivity index (χ0n) is 14.5. The molecular weight excluding hydrogens is 312 g/mol. The number of nitrogens with zero attached hydrogens (tertiary/aromatic N) is 4. The molecule has 25 heavy (non-hydrogen) atoms. The van der Waals surface area contributed by atoms with E-state index in [1.165, 1.54) is 12.0 Å². The Hall–Kier alpha value is -2.43. The summed E-state index contributed by atoms with van der Waals surface area (Å²) in [5.41, 5.74) is 3.49. The van der Waals surface area contributed by atoms with Gasteiger partial charge in [0.25, 0.3) is 0 Å². The lowest BCUT2D eigenvalue weighted by Gasteiger charge is -2.33. The molecular formula is C20H22N4O. The minimum atomic E-state index is 0.137. The third-order valence-corrected chi connectivity index (χ3v) is 5.67. The predicted octanol–water partition coefficient (Wildman–Crippen LogP) is 2.64. The molecule has 1 saturated carbocycles. The molecule has 2 unspecified atom stereocenters. The molecule has 2 atom stereocenters. The number of aromatic nitrogens is 2. The number of carbonyl (C=O) groups is 1. The van der Waals surface area contributed by atoms with Crippen molar-refractivity contribution in [3.05, 3.63) is 53.0 Å². The molecule has 0 radical (unpaired) electrons. The van der Waals surface area contributed by atoms with Crippen molar-refractivity contribution in [1.29, 1.82) is 0 Å². The summed E-state index contributed by atoms with van der Waals surface area (Å²) in [6.45, 7) is 5.38. The van der Waals surface area contributed by atoms with Crippen LogP contribution in [0.1, 0.15) is 41.4 Å². The Labute approximate surface area is 147 Å². The molecule has 1 saturated heterocycles. The molecule has 1 aromatic heterocycles. The van der Waals surface area contributed by atoms with Gasteiger partial charge in [0.05, 0.1) is 18.8 Å². The van der Waals surface area contributed by atoms with Crippen molar-refractivity contribution in [2.24, 2.45) is 5.92 Å². The zero-order chi connectivity index (χ0) is 17.0. The van der Waals surface area contributed by atoms with Crippen molar-refractivity contribution in [1.82, 2.24) is 14.9 Å². The molecule has 3 heterocycles. The van der Waals surface area contributed by atoms with Crippen LogP contribution in [0.2, 0.25) is 0 Å². The normalized spacial score (nSPS) is 24.0. The Morgan fingerprint density at radius 2 is 1.92 bits per heavy atom. The molecule has 1 aliphatic carbocycles. The van der Waals surface area contributed by atoms with E-state index in [0.29, 0.717) is 19.0 Å². The maximum absolute atomic E-state index is 13.0. The fraction of sp³-hybridized carbons (Fsp3) is 0.450. The summed E-state index contributed by atoms with van der Waals surface area (Å²) in [4.78, 5) is 26.5. The first-order valence-electron chi connectivity index (χ1n) is 9.16. The minimum absolute atomic E-state index is 0.137. The molecule has 128 valence electrons. The van der Waals surface area contributed by atoms with Crippen LogP contribution in [-0.2, 0) is 17.9 Å². The number of hydrogen-bond donors (Lipinski definition) is 0. The van der Waals surface area contributed by atoms with E-state index >= 15 is 0 Å². The van der Waals surface area contributed by atoms with E-state index in [9.17, 15) is 4.79 Å². The summed E-state index contributed by atoms with van der Waals surface area (Å²) in [6, 6.07) is 10.4. The van der Waals surface area contributed by atoms with E-state index in [-0.39, 0.29) is 11.8 Å². The monoisotopic (exact) mass is 334 g/mol. The van der Waals surface area contributed by atoms with Crippen LogP contribution >= 0.6 is 0 Å². The van der Waals surface area contributed by atoms with Crippen molar-refractivity contribution in [2.75, 3.05) is 18.0 Å². The van der Waals surface area contributed by atoms with Crippen molar-refractivity contribution in [2.45, 2.75) is 38.8 Å². The van der Waals surface area contributed by atoms with Gasteiger partial charge < -0.3 is 9.80 Å². The van der Waals surface area contributed by atoms with Crippen molar-refractivity contribution >= 4 is 11.7 Å². The average Bonchev–Trinajstić information content (AvgIpc) is 3.25. The topological polar surface area (TPSA) is 49.3 Å². The SMILES string of the molecule is Cc1nc2c(c(N3CCC3)n1)CN(C(=O)C1CC1c1ccccc1)C2. The second-order valence-corrected chi connectivity index (χ2v) is 7.41. The fourth-order valence-electron chi connectivity index (χ4n) is 4.07. The molecule has 1 amide bonds. The maximum atomic E-state index is 13.0. The quantitative estimate of drug-likeness (QED) is 0.866. The molecule has 1 aromatic carbocycles. The molecule has 0 spiro atoms. The highest BCUT2D eigenvalue weighted by molar-refractivity contribution is 5.83. The number of fused-ring (bicyclic) bond motifs is 1. The van der Waals surface area contributed by atoms with Crippen LogP contribution in [0.5, 0.6) is 0 Å². The van der Waals surface area contributed by atoms with Gasteiger partial charge in [-0.1, -0.05) is 30.3 Å². The zero-order valence-corrected chi connectivity index (χ0v) is 14.5. The first-order chi connectivity index (χ1) is 12.2. The van der Waals surface area contributed by atoms with Gasteiger partial charge in [0.1, 0.15) is 11.6 Å². The summed E-state index contributed by atoms with van der Waals surface area (Å²) < 4.78 is 0. The van der Waals surface area contributed by atoms with E-state index in [1.54, 1.807) is 0 Å². The molecule has 5 nitrogen and oxygen atoms in total. The van der Waals surface area contributed by atoms with E-state index < -0.39 is 0 Å². The van der Waals surface area contributed by atoms with Gasteiger partial charge in [0.15, 0.2) is 0 Å². The van der Waals surface area contributed by atoms with E-state index in [4.69, 9.17) is 0 Å². The summed E-state index contributed by atoms with van der Waals surface area (Å²) in [5.74, 6) is 2.67. The lowest BCUT2D eigenvalue weighted by Crippen LogP contribution is -2.38. The van der Waals surface area contributed by atoms with Crippen LogP contribution in [0, 0.1) is 12.8 Å². The maximum Gasteiger partial charge on any atom is 0.226 e. The Morgan fingerprint density at radius 3 is 2.64 bits per heavy atom. The third kappa shape index (κ3) is 2.49. The predicted molar refractivity (Wildman–Crippen MR) is 95.1 cm³/mol. The Morgan fingerprint density at radius 1 is 1.12 bits per heavy atom. The van der Waals surface area contributed by atoms with Crippen molar-refractivity contribution in [3.8, 4) is 0 Å². The van der Waals surface area contributed by atoms with E-state index in [1.807, 2.05) is 17.9 Å². The molecule has 2 fully saturated rings. The van der Waals surface area contributed by atoms with Crippen molar-refractivity contribution < 1.29 is 4.79 Å². The van der Waals surface area contributed by atoms with Gasteiger partial charge in [0, 0.05) is 24.6 Å². The molecule has 2 aliphatic heterocycles. The fourth-order valence-corrected chi connectivity index (χ4v) is 4.07. The lowest BCUT2D eigenvalue weighted by atomic mass is 10.1. The molecule has 2 aromatic rings. The molecule has 5 rings (SSSR count). The van der Waals surface area contributed by atoms with Crippen LogP contribution in [-0.4, -0.2) is 33.9 Å². The van der Waals surface area contributed by atoms with E-state index in [2.05, 4.69) is 39.1 Å². The number of carbonyl (C=O) groups excluding carboxylic acids is 1. The number of rotatable bonds is 3. The minimum Gasteiger partial charge on any atom is -0.356 e. The first kappa shape index (κ1) is 14.9. The van der Waals surface area contributed by atoms with Crippen LogP contribution < -0.4 is 4.90 Å². The van der Waals surface area contributed by atoms with Crippen LogP contribution in [0.4, 0.5) is 5.82 Å². The van der Waals surface area contributed by atoms with Crippen LogP contribution in [0.3, 0.4) is 0 Å². The highest BCUT2D eigenvalue weighted by Crippen LogP contribution is 2.49. The molecule has 5 heteroatoms. The smallest absolute Gasteiger partial charge is 0.226 e. The van der Waals surface area contributed by atoms with Crippen LogP contribution in [0.25, 0.3) is 0 Å². The summed E-state index contributed by atoms with van der Waals surface area (Å²) in [5, 5.41) is 0. The summed E-state index contributed by atoms with van der Waals surface area (Å²) >= 11 is 0. The highest BCUT2D eigenvalue weighted by atomic mass is 16.2. The molecule has 3 aliphatic rings. The number of benzene rings is 1. The van der Waals surface area contributed by atoms with Gasteiger partial charge in [-0.3, -0.25) is 4.79 Å². The van der Waals surface area contributed by atoms with Gasteiger partial charge in [-0.05, 0) is 31.2 Å². The Kier molecular flexibility index (Phi) is 3.30. The van der Waals surface area contributed by atoms with E-state index in [0.717, 1.165) is 42.4 Å². The largest absolute Gasteiger partial charge is 0.356 e. The number of aryl methyl sites for hydroxylation is 1. The second-order valence-electron chi connectivity index (χ2n) is 7.41. The van der Waals surface area contributed by atoms with Gasteiger partial charge in [-0.2, -0.15) is 0 Å². The van der Waals surface area contributed by atoms with Crippen LogP contribution in [0.15, 0.2) is 30.3 Å².